The van der Waals surface area contributed by atoms with Gasteiger partial charge in [-0.25, -0.2) is 0 Å². The third-order valence-corrected chi connectivity index (χ3v) is 3.12. The quantitative estimate of drug-likeness (QED) is 0.941. The van der Waals surface area contributed by atoms with Crippen molar-refractivity contribution < 1.29 is 9.21 Å². The van der Waals surface area contributed by atoms with Gasteiger partial charge in [0.15, 0.2) is 4.67 Å². The SMILES string of the molecule is C[C@@H](NC(=O)c1ccoc1Br)c1ccccc1. The van der Waals surface area contributed by atoms with E-state index in [1.54, 1.807) is 6.07 Å². The molecule has 2 rings (SSSR count). The average molecular weight is 294 g/mol. The molecule has 1 aromatic heterocycles. The molecule has 1 aromatic carbocycles. The molecule has 0 fully saturated rings. The lowest BCUT2D eigenvalue weighted by Gasteiger charge is -2.13. The Balaban J connectivity index is 2.08. The summed E-state index contributed by atoms with van der Waals surface area (Å²) in [6.07, 6.45) is 1.48. The number of nitrogens with one attached hydrogen (secondary N) is 1. The summed E-state index contributed by atoms with van der Waals surface area (Å²) in [5.41, 5.74) is 1.58. The third kappa shape index (κ3) is 2.77. The van der Waals surface area contributed by atoms with Crippen LogP contribution in [0.2, 0.25) is 0 Å². The minimum absolute atomic E-state index is 0.0366. The average Bonchev–Trinajstić information content (AvgIpc) is 2.76. The molecule has 0 unspecified atom stereocenters. The van der Waals surface area contributed by atoms with Crippen LogP contribution in [0.1, 0.15) is 28.9 Å². The van der Waals surface area contributed by atoms with Crippen LogP contribution in [0.4, 0.5) is 0 Å². The Hall–Kier alpha value is -1.55. The molecule has 1 amide bonds. The highest BCUT2D eigenvalue weighted by Crippen LogP contribution is 2.19. The van der Waals surface area contributed by atoms with Crippen LogP contribution in [0.25, 0.3) is 0 Å². The first-order valence-corrected chi connectivity index (χ1v) is 6.06. The zero-order valence-corrected chi connectivity index (χ0v) is 10.9. The summed E-state index contributed by atoms with van der Waals surface area (Å²) in [4.78, 5) is 11.9. The smallest absolute Gasteiger partial charge is 0.256 e. The lowest BCUT2D eigenvalue weighted by molar-refractivity contribution is 0.0938. The van der Waals surface area contributed by atoms with Crippen molar-refractivity contribution in [3.8, 4) is 0 Å². The predicted molar refractivity (Wildman–Crippen MR) is 68.7 cm³/mol. The maximum atomic E-state index is 11.9. The number of carbonyl (C=O) groups excluding carboxylic acids is 1. The Kier molecular flexibility index (Phi) is 3.64. The Bertz CT molecular complexity index is 507. The molecular weight excluding hydrogens is 282 g/mol. The lowest BCUT2D eigenvalue weighted by Crippen LogP contribution is -2.26. The Morgan fingerprint density at radius 1 is 1.29 bits per heavy atom. The molecule has 4 heteroatoms. The number of halogens is 1. The highest BCUT2D eigenvalue weighted by atomic mass is 79.9. The van der Waals surface area contributed by atoms with E-state index in [2.05, 4.69) is 21.2 Å². The minimum atomic E-state index is -0.151. The molecule has 0 aliphatic heterocycles. The molecule has 0 spiro atoms. The van der Waals surface area contributed by atoms with Crippen molar-refractivity contribution >= 4 is 21.8 Å². The summed E-state index contributed by atoms with van der Waals surface area (Å²) in [6.45, 7) is 1.95. The molecule has 0 bridgehead atoms. The van der Waals surface area contributed by atoms with Crippen molar-refractivity contribution in [2.75, 3.05) is 0 Å². The van der Waals surface area contributed by atoms with Crippen LogP contribution >= 0.6 is 15.9 Å². The summed E-state index contributed by atoms with van der Waals surface area (Å²) >= 11 is 3.19. The Labute approximate surface area is 108 Å². The lowest BCUT2D eigenvalue weighted by atomic mass is 10.1. The van der Waals surface area contributed by atoms with Gasteiger partial charge in [0.1, 0.15) is 0 Å². The van der Waals surface area contributed by atoms with Crippen LogP contribution in [-0.4, -0.2) is 5.91 Å². The zero-order chi connectivity index (χ0) is 12.3. The van der Waals surface area contributed by atoms with Gasteiger partial charge in [-0.2, -0.15) is 0 Å². The first kappa shape index (κ1) is 11.9. The molecule has 0 radical (unpaired) electrons. The highest BCUT2D eigenvalue weighted by molar-refractivity contribution is 9.10. The van der Waals surface area contributed by atoms with Crippen molar-refractivity contribution in [3.05, 3.63) is 58.5 Å². The first-order chi connectivity index (χ1) is 8.18. The van der Waals surface area contributed by atoms with Crippen LogP contribution in [0.15, 0.2) is 51.7 Å². The second kappa shape index (κ2) is 5.19. The zero-order valence-electron chi connectivity index (χ0n) is 9.31. The monoisotopic (exact) mass is 293 g/mol. The molecule has 3 nitrogen and oxygen atoms in total. The van der Waals surface area contributed by atoms with Gasteiger partial charge in [0.25, 0.3) is 5.91 Å². The van der Waals surface area contributed by atoms with Gasteiger partial charge in [-0.05, 0) is 34.5 Å². The van der Waals surface area contributed by atoms with E-state index in [0.29, 0.717) is 10.2 Å². The molecule has 0 aliphatic carbocycles. The van der Waals surface area contributed by atoms with Crippen LogP contribution in [-0.2, 0) is 0 Å². The van der Waals surface area contributed by atoms with Gasteiger partial charge in [0.05, 0.1) is 17.9 Å². The Morgan fingerprint density at radius 3 is 2.59 bits per heavy atom. The fraction of sp³-hybridized carbons (Fsp3) is 0.154. The molecule has 88 valence electrons. The first-order valence-electron chi connectivity index (χ1n) is 5.27. The van der Waals surface area contributed by atoms with Crippen molar-refractivity contribution in [3.63, 3.8) is 0 Å². The molecule has 0 saturated heterocycles. The van der Waals surface area contributed by atoms with E-state index in [9.17, 15) is 4.79 Å². The summed E-state index contributed by atoms with van der Waals surface area (Å²) in [5, 5.41) is 2.91. The van der Waals surface area contributed by atoms with Crippen molar-refractivity contribution in [2.45, 2.75) is 13.0 Å². The number of amides is 1. The van der Waals surface area contributed by atoms with E-state index >= 15 is 0 Å². The number of carbonyl (C=O) groups is 1. The van der Waals surface area contributed by atoms with E-state index in [1.165, 1.54) is 6.26 Å². The second-order valence-electron chi connectivity index (χ2n) is 3.71. The van der Waals surface area contributed by atoms with Gasteiger partial charge in [-0.1, -0.05) is 30.3 Å². The number of furan rings is 1. The van der Waals surface area contributed by atoms with E-state index in [-0.39, 0.29) is 11.9 Å². The third-order valence-electron chi connectivity index (χ3n) is 2.51. The number of rotatable bonds is 3. The maximum Gasteiger partial charge on any atom is 0.256 e. The van der Waals surface area contributed by atoms with Gasteiger partial charge < -0.3 is 9.73 Å². The molecule has 0 saturated carbocycles. The standard InChI is InChI=1S/C13H12BrNO2/c1-9(10-5-3-2-4-6-10)15-13(16)11-7-8-17-12(11)14/h2-9H,1H3,(H,15,16)/t9-/m1/s1. The summed E-state index contributed by atoms with van der Waals surface area (Å²) in [7, 11) is 0. The van der Waals surface area contributed by atoms with Crippen LogP contribution in [0, 0.1) is 0 Å². The van der Waals surface area contributed by atoms with E-state index in [0.717, 1.165) is 5.56 Å². The van der Waals surface area contributed by atoms with Gasteiger partial charge in [0.2, 0.25) is 0 Å². The van der Waals surface area contributed by atoms with Gasteiger partial charge in [-0.3, -0.25) is 4.79 Å². The van der Waals surface area contributed by atoms with E-state index in [1.807, 2.05) is 37.3 Å². The van der Waals surface area contributed by atoms with Crippen molar-refractivity contribution in [1.82, 2.24) is 5.32 Å². The number of hydrogen-bond donors (Lipinski definition) is 1. The summed E-state index contributed by atoms with van der Waals surface area (Å²) in [6, 6.07) is 11.4. The minimum Gasteiger partial charge on any atom is -0.457 e. The fourth-order valence-corrected chi connectivity index (χ4v) is 1.98. The molecule has 1 heterocycles. The van der Waals surface area contributed by atoms with Gasteiger partial charge in [-0.15, -0.1) is 0 Å². The normalized spacial score (nSPS) is 12.1. The van der Waals surface area contributed by atoms with Gasteiger partial charge >= 0.3 is 0 Å². The molecule has 17 heavy (non-hydrogen) atoms. The van der Waals surface area contributed by atoms with E-state index in [4.69, 9.17) is 4.42 Å². The molecular formula is C13H12BrNO2. The number of benzene rings is 1. The highest BCUT2D eigenvalue weighted by Gasteiger charge is 2.15. The second-order valence-corrected chi connectivity index (χ2v) is 4.43. The largest absolute Gasteiger partial charge is 0.457 e. The summed E-state index contributed by atoms with van der Waals surface area (Å²) < 4.78 is 5.48. The van der Waals surface area contributed by atoms with Gasteiger partial charge in [0, 0.05) is 0 Å². The van der Waals surface area contributed by atoms with Crippen molar-refractivity contribution in [1.29, 1.82) is 0 Å². The molecule has 1 atom stereocenters. The topological polar surface area (TPSA) is 42.2 Å². The van der Waals surface area contributed by atoms with Crippen LogP contribution in [0.3, 0.4) is 0 Å². The summed E-state index contributed by atoms with van der Waals surface area (Å²) in [5.74, 6) is -0.151. The van der Waals surface area contributed by atoms with E-state index < -0.39 is 0 Å². The molecule has 2 aromatic rings. The van der Waals surface area contributed by atoms with Crippen LogP contribution in [0.5, 0.6) is 0 Å². The molecule has 0 aliphatic rings. The van der Waals surface area contributed by atoms with Crippen LogP contribution < -0.4 is 5.32 Å². The Morgan fingerprint density at radius 2 is 2.00 bits per heavy atom. The predicted octanol–water partition coefficient (Wildman–Crippen LogP) is 3.53. The molecule has 1 N–H and O–H groups in total. The maximum absolute atomic E-state index is 11.9. The fourth-order valence-electron chi connectivity index (χ4n) is 1.56. The number of hydrogen-bond acceptors (Lipinski definition) is 2. The van der Waals surface area contributed by atoms with Crippen molar-refractivity contribution in [2.24, 2.45) is 0 Å².